The third kappa shape index (κ3) is 6.89. The fourth-order valence-corrected chi connectivity index (χ4v) is 2.17. The van der Waals surface area contributed by atoms with Crippen molar-refractivity contribution in [2.45, 2.75) is 38.4 Å². The maximum Gasteiger partial charge on any atom is 0.328 e. The Kier molecular flexibility index (Phi) is 8.23. The first kappa shape index (κ1) is 21.1. The third-order valence-corrected chi connectivity index (χ3v) is 3.53. The first-order chi connectivity index (χ1) is 12.2. The number of hydrogen-bond acceptors (Lipinski definition) is 5. The molecule has 0 aliphatic heterocycles. The third-order valence-electron chi connectivity index (χ3n) is 3.53. The summed E-state index contributed by atoms with van der Waals surface area (Å²) in [6.45, 7) is 1.88. The van der Waals surface area contributed by atoms with Crippen molar-refractivity contribution in [3.05, 3.63) is 35.9 Å². The van der Waals surface area contributed by atoms with Crippen LogP contribution in [-0.2, 0) is 25.6 Å². The predicted molar refractivity (Wildman–Crippen MR) is 92.0 cm³/mol. The molecule has 1 rings (SSSR count). The van der Waals surface area contributed by atoms with E-state index in [1.807, 2.05) is 6.07 Å². The average molecular weight is 365 g/mol. The lowest BCUT2D eigenvalue weighted by Gasteiger charge is -2.21. The molecule has 3 atom stereocenters. The summed E-state index contributed by atoms with van der Waals surface area (Å²) in [4.78, 5) is 46.6. The Morgan fingerprint density at radius 3 is 2.08 bits per heavy atom. The zero-order valence-electron chi connectivity index (χ0n) is 14.6. The molecule has 0 aromatic heterocycles. The zero-order chi connectivity index (χ0) is 19.7. The monoisotopic (exact) mass is 365 g/mol. The standard InChI is InChI=1S/C17H23N3O6/c1-10(15(23)20-14(9-21)17(25)26)18-16(24)13(19-11(2)22)8-12-6-4-3-5-7-12/h3-7,10,13-14,21H,8-9H2,1-2H3,(H,18,24)(H,19,22)(H,20,23)(H,25,26)/t10-,13-,14-/m1/s1. The molecule has 0 bridgehead atoms. The van der Waals surface area contributed by atoms with Crippen molar-refractivity contribution < 1.29 is 29.4 Å². The highest BCUT2D eigenvalue weighted by Crippen LogP contribution is 2.04. The van der Waals surface area contributed by atoms with E-state index in [1.54, 1.807) is 24.3 Å². The Balaban J connectivity index is 2.73. The van der Waals surface area contributed by atoms with E-state index in [0.29, 0.717) is 0 Å². The molecular formula is C17H23N3O6. The van der Waals surface area contributed by atoms with Gasteiger partial charge in [-0.3, -0.25) is 14.4 Å². The van der Waals surface area contributed by atoms with Gasteiger partial charge in [0.25, 0.3) is 0 Å². The van der Waals surface area contributed by atoms with Gasteiger partial charge in [-0.15, -0.1) is 0 Å². The predicted octanol–water partition coefficient (Wildman–Crippen LogP) is -1.20. The quantitative estimate of drug-likeness (QED) is 0.372. The van der Waals surface area contributed by atoms with Gasteiger partial charge in [0.2, 0.25) is 17.7 Å². The van der Waals surface area contributed by atoms with Crippen LogP contribution >= 0.6 is 0 Å². The van der Waals surface area contributed by atoms with Gasteiger partial charge in [0.15, 0.2) is 0 Å². The van der Waals surface area contributed by atoms with E-state index in [-0.39, 0.29) is 6.42 Å². The summed E-state index contributed by atoms with van der Waals surface area (Å²) in [6.07, 6.45) is 0.231. The van der Waals surface area contributed by atoms with Gasteiger partial charge in [-0.05, 0) is 12.5 Å². The summed E-state index contributed by atoms with van der Waals surface area (Å²) in [7, 11) is 0. The molecule has 0 unspecified atom stereocenters. The van der Waals surface area contributed by atoms with Crippen molar-refractivity contribution in [3.63, 3.8) is 0 Å². The molecule has 1 aromatic carbocycles. The van der Waals surface area contributed by atoms with E-state index >= 15 is 0 Å². The molecule has 5 N–H and O–H groups in total. The number of aliphatic hydroxyl groups excluding tert-OH is 1. The molecule has 0 aliphatic carbocycles. The normalized spacial score (nSPS) is 13.8. The van der Waals surface area contributed by atoms with Crippen molar-refractivity contribution >= 4 is 23.7 Å². The molecule has 3 amide bonds. The highest BCUT2D eigenvalue weighted by molar-refractivity contribution is 5.93. The second-order valence-corrected chi connectivity index (χ2v) is 5.76. The van der Waals surface area contributed by atoms with Crippen LogP contribution in [0.2, 0.25) is 0 Å². The van der Waals surface area contributed by atoms with Crippen LogP contribution < -0.4 is 16.0 Å². The van der Waals surface area contributed by atoms with E-state index in [4.69, 9.17) is 10.2 Å². The SMILES string of the molecule is CC(=O)N[C@H](Cc1ccccc1)C(=O)N[C@H](C)C(=O)N[C@H](CO)C(=O)O. The number of carboxylic acid groups (broad SMARTS) is 1. The summed E-state index contributed by atoms with van der Waals surface area (Å²) < 4.78 is 0. The van der Waals surface area contributed by atoms with E-state index < -0.39 is 48.4 Å². The molecule has 0 saturated heterocycles. The summed E-state index contributed by atoms with van der Waals surface area (Å²) in [5.41, 5.74) is 0.824. The molecule has 9 heteroatoms. The van der Waals surface area contributed by atoms with Gasteiger partial charge in [0, 0.05) is 13.3 Å². The Morgan fingerprint density at radius 2 is 1.58 bits per heavy atom. The summed E-state index contributed by atoms with van der Waals surface area (Å²) in [6, 6.07) is 5.63. The molecule has 0 aliphatic rings. The fourth-order valence-electron chi connectivity index (χ4n) is 2.17. The lowest BCUT2D eigenvalue weighted by Crippen LogP contribution is -2.55. The first-order valence-corrected chi connectivity index (χ1v) is 8.00. The largest absolute Gasteiger partial charge is 0.480 e. The van der Waals surface area contributed by atoms with Crippen LogP contribution in [0.1, 0.15) is 19.4 Å². The molecule has 142 valence electrons. The number of aliphatic carboxylic acids is 1. The lowest BCUT2D eigenvalue weighted by atomic mass is 10.0. The van der Waals surface area contributed by atoms with E-state index in [9.17, 15) is 19.2 Å². The van der Waals surface area contributed by atoms with Crippen molar-refractivity contribution in [2.24, 2.45) is 0 Å². The van der Waals surface area contributed by atoms with Crippen LogP contribution in [0.3, 0.4) is 0 Å². The minimum Gasteiger partial charge on any atom is -0.480 e. The van der Waals surface area contributed by atoms with Gasteiger partial charge in [-0.1, -0.05) is 30.3 Å². The Hall–Kier alpha value is -2.94. The highest BCUT2D eigenvalue weighted by Gasteiger charge is 2.26. The molecule has 0 heterocycles. The number of carbonyl (C=O) groups excluding carboxylic acids is 3. The van der Waals surface area contributed by atoms with E-state index in [2.05, 4.69) is 16.0 Å². The minimum atomic E-state index is -1.46. The van der Waals surface area contributed by atoms with Gasteiger partial charge in [0.05, 0.1) is 6.61 Å². The van der Waals surface area contributed by atoms with Gasteiger partial charge in [0.1, 0.15) is 18.1 Å². The van der Waals surface area contributed by atoms with Crippen LogP contribution in [0.5, 0.6) is 0 Å². The maximum atomic E-state index is 12.4. The molecular weight excluding hydrogens is 342 g/mol. The van der Waals surface area contributed by atoms with Crippen LogP contribution in [0.25, 0.3) is 0 Å². The first-order valence-electron chi connectivity index (χ1n) is 8.00. The van der Waals surface area contributed by atoms with Crippen molar-refractivity contribution in [2.75, 3.05) is 6.61 Å². The number of rotatable bonds is 9. The van der Waals surface area contributed by atoms with Gasteiger partial charge in [-0.25, -0.2) is 4.79 Å². The molecule has 0 fully saturated rings. The number of nitrogens with one attached hydrogen (secondary N) is 3. The average Bonchev–Trinajstić information content (AvgIpc) is 2.58. The molecule has 26 heavy (non-hydrogen) atoms. The maximum absolute atomic E-state index is 12.4. The number of carbonyl (C=O) groups is 4. The fraction of sp³-hybridized carbons (Fsp3) is 0.412. The van der Waals surface area contributed by atoms with Crippen molar-refractivity contribution in [1.82, 2.24) is 16.0 Å². The topological polar surface area (TPSA) is 145 Å². The second-order valence-electron chi connectivity index (χ2n) is 5.76. The minimum absolute atomic E-state index is 0.231. The van der Waals surface area contributed by atoms with Gasteiger partial charge < -0.3 is 26.2 Å². The number of benzene rings is 1. The van der Waals surface area contributed by atoms with Crippen LogP contribution in [0.4, 0.5) is 0 Å². The van der Waals surface area contributed by atoms with Crippen LogP contribution in [-0.4, -0.2) is 58.6 Å². The zero-order valence-corrected chi connectivity index (χ0v) is 14.6. The summed E-state index contributed by atoms with van der Waals surface area (Å²) in [5, 5.41) is 24.8. The number of hydrogen-bond donors (Lipinski definition) is 5. The number of carboxylic acids is 1. The highest BCUT2D eigenvalue weighted by atomic mass is 16.4. The van der Waals surface area contributed by atoms with Crippen LogP contribution in [0.15, 0.2) is 30.3 Å². The number of amides is 3. The van der Waals surface area contributed by atoms with Gasteiger partial charge in [-0.2, -0.15) is 0 Å². The van der Waals surface area contributed by atoms with E-state index in [1.165, 1.54) is 13.8 Å². The van der Waals surface area contributed by atoms with E-state index in [0.717, 1.165) is 5.56 Å². The smallest absolute Gasteiger partial charge is 0.328 e. The molecule has 0 saturated carbocycles. The molecule has 9 nitrogen and oxygen atoms in total. The number of aliphatic hydroxyl groups is 1. The van der Waals surface area contributed by atoms with Gasteiger partial charge >= 0.3 is 5.97 Å². The molecule has 0 radical (unpaired) electrons. The Bertz CT molecular complexity index is 649. The lowest BCUT2D eigenvalue weighted by molar-refractivity contribution is -0.143. The molecule has 1 aromatic rings. The second kappa shape index (κ2) is 10.1. The van der Waals surface area contributed by atoms with Crippen LogP contribution in [0, 0.1) is 0 Å². The van der Waals surface area contributed by atoms with Crippen molar-refractivity contribution in [3.8, 4) is 0 Å². The summed E-state index contributed by atoms with van der Waals surface area (Å²) >= 11 is 0. The Labute approximate surface area is 150 Å². The van der Waals surface area contributed by atoms with Crippen molar-refractivity contribution in [1.29, 1.82) is 0 Å². The summed E-state index contributed by atoms with van der Waals surface area (Å²) in [5.74, 6) is -3.13. The Morgan fingerprint density at radius 1 is 0.962 bits per heavy atom. The molecule has 0 spiro atoms.